The summed E-state index contributed by atoms with van der Waals surface area (Å²) in [6, 6.07) is 22.9. The molecule has 2 heterocycles. The molecule has 162 valence electrons. The van der Waals surface area contributed by atoms with Gasteiger partial charge in [-0.2, -0.15) is 4.52 Å². The van der Waals surface area contributed by atoms with Gasteiger partial charge in [0.2, 0.25) is 5.91 Å². The third-order valence-electron chi connectivity index (χ3n) is 5.19. The SMILES string of the molecule is C=CC(=O)Nc1cccc(Nc2nn3c(-c4ccc(OC)cc4)nnc3c3ccccc23)c1. The molecule has 0 saturated carbocycles. The third kappa shape index (κ3) is 3.85. The maximum absolute atomic E-state index is 11.7. The van der Waals surface area contributed by atoms with Gasteiger partial charge >= 0.3 is 0 Å². The summed E-state index contributed by atoms with van der Waals surface area (Å²) in [5.41, 5.74) is 2.95. The molecule has 5 rings (SSSR count). The van der Waals surface area contributed by atoms with Crippen molar-refractivity contribution in [3.63, 3.8) is 0 Å². The number of anilines is 3. The molecule has 1 amide bonds. The lowest BCUT2D eigenvalue weighted by atomic mass is 10.1. The van der Waals surface area contributed by atoms with E-state index in [1.165, 1.54) is 6.08 Å². The fraction of sp³-hybridized carbons (Fsp3) is 0.0400. The van der Waals surface area contributed by atoms with Crippen molar-refractivity contribution < 1.29 is 9.53 Å². The highest BCUT2D eigenvalue weighted by Crippen LogP contribution is 2.30. The summed E-state index contributed by atoms with van der Waals surface area (Å²) in [6.45, 7) is 3.49. The zero-order valence-corrected chi connectivity index (χ0v) is 17.8. The van der Waals surface area contributed by atoms with Crippen molar-refractivity contribution in [2.75, 3.05) is 17.7 Å². The van der Waals surface area contributed by atoms with E-state index >= 15 is 0 Å². The van der Waals surface area contributed by atoms with Crippen molar-refractivity contribution >= 4 is 39.5 Å². The Bertz CT molecular complexity index is 1490. The quantitative estimate of drug-likeness (QED) is 0.371. The summed E-state index contributed by atoms with van der Waals surface area (Å²) in [7, 11) is 1.63. The number of nitrogens with zero attached hydrogens (tertiary/aromatic N) is 4. The van der Waals surface area contributed by atoms with Gasteiger partial charge in [0.25, 0.3) is 0 Å². The van der Waals surface area contributed by atoms with Gasteiger partial charge in [-0.05, 0) is 48.5 Å². The summed E-state index contributed by atoms with van der Waals surface area (Å²) in [6.07, 6.45) is 1.23. The lowest BCUT2D eigenvalue weighted by Gasteiger charge is -2.12. The van der Waals surface area contributed by atoms with Crippen molar-refractivity contribution in [2.45, 2.75) is 0 Å². The first-order valence-electron chi connectivity index (χ1n) is 10.3. The molecule has 0 aliphatic carbocycles. The molecule has 0 aliphatic rings. The van der Waals surface area contributed by atoms with Crippen molar-refractivity contribution in [1.29, 1.82) is 0 Å². The van der Waals surface area contributed by atoms with Crippen LogP contribution in [0.3, 0.4) is 0 Å². The maximum Gasteiger partial charge on any atom is 0.247 e. The highest BCUT2D eigenvalue weighted by atomic mass is 16.5. The predicted molar refractivity (Wildman–Crippen MR) is 129 cm³/mol. The number of hydrogen-bond donors (Lipinski definition) is 2. The number of ether oxygens (including phenoxy) is 1. The number of carbonyl (C=O) groups is 1. The van der Waals surface area contributed by atoms with Gasteiger partial charge in [0, 0.05) is 27.7 Å². The molecule has 8 nitrogen and oxygen atoms in total. The van der Waals surface area contributed by atoms with Crippen molar-refractivity contribution in [2.24, 2.45) is 0 Å². The molecular formula is C25H20N6O2. The Kier molecular flexibility index (Phi) is 5.16. The van der Waals surface area contributed by atoms with Gasteiger partial charge in [0.1, 0.15) is 5.75 Å². The minimum absolute atomic E-state index is 0.272. The minimum atomic E-state index is -0.272. The third-order valence-corrected chi connectivity index (χ3v) is 5.19. The van der Waals surface area contributed by atoms with Gasteiger partial charge in [0.15, 0.2) is 17.3 Å². The number of benzene rings is 3. The lowest BCUT2D eigenvalue weighted by molar-refractivity contribution is -0.111. The molecule has 5 aromatic rings. The number of nitrogens with one attached hydrogen (secondary N) is 2. The monoisotopic (exact) mass is 436 g/mol. The molecule has 0 unspecified atom stereocenters. The van der Waals surface area contributed by atoms with E-state index in [9.17, 15) is 4.79 Å². The molecule has 33 heavy (non-hydrogen) atoms. The highest BCUT2D eigenvalue weighted by molar-refractivity contribution is 6.02. The number of hydrogen-bond acceptors (Lipinski definition) is 6. The summed E-state index contributed by atoms with van der Waals surface area (Å²) in [4.78, 5) is 11.7. The molecule has 8 heteroatoms. The number of rotatable bonds is 6. The van der Waals surface area contributed by atoms with Gasteiger partial charge in [-0.15, -0.1) is 15.3 Å². The topological polar surface area (TPSA) is 93.4 Å². The molecule has 2 N–H and O–H groups in total. The molecule has 0 spiro atoms. The molecule has 0 bridgehead atoms. The van der Waals surface area contributed by atoms with Crippen LogP contribution in [0.15, 0.2) is 85.5 Å². The Labute approximate surface area is 189 Å². The van der Waals surface area contributed by atoms with Crippen LogP contribution in [0.2, 0.25) is 0 Å². The van der Waals surface area contributed by atoms with Crippen LogP contribution in [0, 0.1) is 0 Å². The van der Waals surface area contributed by atoms with Crippen LogP contribution in [0.1, 0.15) is 0 Å². The molecular weight excluding hydrogens is 416 g/mol. The van der Waals surface area contributed by atoms with Crippen molar-refractivity contribution in [3.05, 3.63) is 85.5 Å². The normalized spacial score (nSPS) is 10.8. The Balaban J connectivity index is 1.61. The summed E-state index contributed by atoms with van der Waals surface area (Å²) < 4.78 is 6.99. The number of aromatic nitrogens is 4. The van der Waals surface area contributed by atoms with Gasteiger partial charge in [-0.1, -0.05) is 36.9 Å². The standard InChI is InChI=1S/C25H20N6O2/c1-3-22(32)26-17-7-6-8-18(15-17)27-23-20-9-4-5-10-21(20)25-29-28-24(31(25)30-23)16-11-13-19(33-2)14-12-16/h3-15H,1H2,2H3,(H,26,32)(H,27,30). The molecule has 0 saturated heterocycles. The zero-order valence-electron chi connectivity index (χ0n) is 17.8. The highest BCUT2D eigenvalue weighted by Gasteiger charge is 2.16. The molecule has 0 atom stereocenters. The summed E-state index contributed by atoms with van der Waals surface area (Å²) in [5, 5.41) is 21.6. The van der Waals surface area contributed by atoms with E-state index in [2.05, 4.69) is 27.4 Å². The number of amides is 1. The molecule has 3 aromatic carbocycles. The number of methoxy groups -OCH3 is 1. The van der Waals surface area contributed by atoms with Crippen LogP contribution in [-0.2, 0) is 4.79 Å². The fourth-order valence-electron chi connectivity index (χ4n) is 3.60. The number of fused-ring (bicyclic) bond motifs is 3. The van der Waals surface area contributed by atoms with Crippen LogP contribution in [-0.4, -0.2) is 32.8 Å². The number of carbonyl (C=O) groups excluding carboxylic acids is 1. The molecule has 2 aromatic heterocycles. The van der Waals surface area contributed by atoms with E-state index in [0.29, 0.717) is 23.0 Å². The second-order valence-electron chi connectivity index (χ2n) is 7.28. The van der Waals surface area contributed by atoms with Crippen molar-refractivity contribution in [3.8, 4) is 17.1 Å². The lowest BCUT2D eigenvalue weighted by Crippen LogP contribution is -2.07. The van der Waals surface area contributed by atoms with Crippen LogP contribution < -0.4 is 15.4 Å². The minimum Gasteiger partial charge on any atom is -0.497 e. The van der Waals surface area contributed by atoms with Crippen LogP contribution >= 0.6 is 0 Å². The van der Waals surface area contributed by atoms with Crippen molar-refractivity contribution in [1.82, 2.24) is 19.8 Å². The average molecular weight is 436 g/mol. The van der Waals surface area contributed by atoms with Crippen LogP contribution in [0.25, 0.3) is 27.8 Å². The largest absolute Gasteiger partial charge is 0.497 e. The first-order valence-corrected chi connectivity index (χ1v) is 10.3. The summed E-state index contributed by atoms with van der Waals surface area (Å²) in [5.74, 6) is 1.75. The molecule has 0 aliphatic heterocycles. The van der Waals surface area contributed by atoms with Gasteiger partial charge in [0.05, 0.1) is 7.11 Å². The zero-order chi connectivity index (χ0) is 22.8. The van der Waals surface area contributed by atoms with E-state index in [4.69, 9.17) is 9.84 Å². The van der Waals surface area contributed by atoms with E-state index in [-0.39, 0.29) is 5.91 Å². The first-order chi connectivity index (χ1) is 16.2. The Morgan fingerprint density at radius 1 is 0.970 bits per heavy atom. The van der Waals surface area contributed by atoms with Crippen LogP contribution in [0.5, 0.6) is 5.75 Å². The van der Waals surface area contributed by atoms with E-state index in [1.807, 2.05) is 72.8 Å². The molecule has 0 fully saturated rings. The van der Waals surface area contributed by atoms with Gasteiger partial charge in [-0.25, -0.2) is 0 Å². The van der Waals surface area contributed by atoms with E-state index < -0.39 is 0 Å². The Morgan fingerprint density at radius 2 is 1.73 bits per heavy atom. The second kappa shape index (κ2) is 8.43. The predicted octanol–water partition coefficient (Wildman–Crippen LogP) is 4.82. The Morgan fingerprint density at radius 3 is 2.48 bits per heavy atom. The molecule has 0 radical (unpaired) electrons. The van der Waals surface area contributed by atoms with Gasteiger partial charge < -0.3 is 15.4 Å². The maximum atomic E-state index is 11.7. The smallest absolute Gasteiger partial charge is 0.247 e. The van der Waals surface area contributed by atoms with E-state index in [1.54, 1.807) is 11.6 Å². The van der Waals surface area contributed by atoms with Crippen LogP contribution in [0.4, 0.5) is 17.2 Å². The fourth-order valence-corrected chi connectivity index (χ4v) is 3.60. The Hall–Kier alpha value is -4.72. The average Bonchev–Trinajstić information content (AvgIpc) is 3.28. The summed E-state index contributed by atoms with van der Waals surface area (Å²) >= 11 is 0. The van der Waals surface area contributed by atoms with E-state index in [0.717, 1.165) is 27.8 Å². The first kappa shape index (κ1) is 20.2. The second-order valence-corrected chi connectivity index (χ2v) is 7.28. The van der Waals surface area contributed by atoms with Gasteiger partial charge in [-0.3, -0.25) is 4.79 Å².